The van der Waals surface area contributed by atoms with E-state index in [1.807, 2.05) is 0 Å². The molecule has 1 unspecified atom stereocenters. The summed E-state index contributed by atoms with van der Waals surface area (Å²) in [4.78, 5) is 45.3. The molecule has 7 heteroatoms. The van der Waals surface area contributed by atoms with Gasteiger partial charge in [-0.2, -0.15) is 0 Å². The molecular weight excluding hydrogens is 292 g/mol. The third-order valence-corrected chi connectivity index (χ3v) is 3.15. The van der Waals surface area contributed by atoms with Crippen molar-refractivity contribution in [1.29, 1.82) is 0 Å². The van der Waals surface area contributed by atoms with E-state index in [1.165, 1.54) is 33.8 Å². The van der Waals surface area contributed by atoms with Crippen molar-refractivity contribution in [2.45, 2.75) is 46.0 Å². The van der Waals surface area contributed by atoms with Gasteiger partial charge in [0, 0.05) is 13.8 Å². The van der Waals surface area contributed by atoms with E-state index >= 15 is 0 Å². The van der Waals surface area contributed by atoms with E-state index in [0.717, 1.165) is 0 Å². The highest BCUT2D eigenvalue weighted by atomic mass is 16.6. The van der Waals surface area contributed by atoms with Gasteiger partial charge >= 0.3 is 11.9 Å². The summed E-state index contributed by atoms with van der Waals surface area (Å²) in [5.41, 5.74) is 0. The molecule has 1 heterocycles. The summed E-state index contributed by atoms with van der Waals surface area (Å²) < 4.78 is 15.6. The largest absolute Gasteiger partial charge is 0.463 e. The maximum Gasteiger partial charge on any atom is 0.303 e. The number of carbonyl (C=O) groups excluding carboxylic acids is 4. The Labute approximate surface area is 128 Å². The maximum atomic E-state index is 11.6. The number of esters is 2. The molecule has 0 aromatic carbocycles. The standard InChI is InChI=1S/C15H20O7/c1-8(16)15(9(2)17)13-6-5-12(21-11(4)19)14(22-13)7-20-10(3)18/h5-6,12-15H,7H2,1-4H3/t12-,13?,14+/m0/s1. The molecule has 0 radical (unpaired) electrons. The third-order valence-electron chi connectivity index (χ3n) is 3.15. The fraction of sp³-hybridized carbons (Fsp3) is 0.600. The molecular formula is C15H20O7. The van der Waals surface area contributed by atoms with Crippen molar-refractivity contribution in [2.75, 3.05) is 6.61 Å². The van der Waals surface area contributed by atoms with Crippen molar-refractivity contribution in [3.05, 3.63) is 12.2 Å². The van der Waals surface area contributed by atoms with Crippen LogP contribution in [0.4, 0.5) is 0 Å². The Morgan fingerprint density at radius 2 is 1.59 bits per heavy atom. The van der Waals surface area contributed by atoms with Gasteiger partial charge < -0.3 is 14.2 Å². The lowest BCUT2D eigenvalue weighted by Gasteiger charge is -2.33. The van der Waals surface area contributed by atoms with Gasteiger partial charge in [-0.1, -0.05) is 6.08 Å². The molecule has 0 aromatic heterocycles. The van der Waals surface area contributed by atoms with Gasteiger partial charge in [0.1, 0.15) is 36.3 Å². The molecule has 0 spiro atoms. The molecule has 0 aliphatic carbocycles. The number of ketones is 2. The van der Waals surface area contributed by atoms with Crippen molar-refractivity contribution in [3.63, 3.8) is 0 Å². The topological polar surface area (TPSA) is 96.0 Å². The van der Waals surface area contributed by atoms with E-state index < -0.39 is 36.2 Å². The highest BCUT2D eigenvalue weighted by molar-refractivity contribution is 6.01. The van der Waals surface area contributed by atoms with Crippen LogP contribution in [-0.4, -0.2) is 48.4 Å². The van der Waals surface area contributed by atoms with E-state index in [2.05, 4.69) is 0 Å². The minimum atomic E-state index is -0.936. The first-order valence-electron chi connectivity index (χ1n) is 6.87. The van der Waals surface area contributed by atoms with Gasteiger partial charge in [0.15, 0.2) is 0 Å². The lowest BCUT2D eigenvalue weighted by Crippen LogP contribution is -2.46. The Bertz CT molecular complexity index is 480. The van der Waals surface area contributed by atoms with Crippen LogP contribution < -0.4 is 0 Å². The number of carbonyl (C=O) groups is 4. The summed E-state index contributed by atoms with van der Waals surface area (Å²) in [5.74, 6) is -2.60. The van der Waals surface area contributed by atoms with Gasteiger partial charge in [-0.15, -0.1) is 0 Å². The van der Waals surface area contributed by atoms with E-state index in [4.69, 9.17) is 14.2 Å². The average molecular weight is 312 g/mol. The van der Waals surface area contributed by atoms with E-state index in [9.17, 15) is 19.2 Å². The SMILES string of the molecule is CC(=O)OC[C@H]1OC(C(C(C)=O)C(C)=O)C=C[C@@H]1OC(C)=O. The number of ether oxygens (including phenoxy) is 3. The molecule has 1 rings (SSSR count). The smallest absolute Gasteiger partial charge is 0.303 e. The number of hydrogen-bond donors (Lipinski definition) is 0. The van der Waals surface area contributed by atoms with E-state index in [1.54, 1.807) is 6.08 Å². The number of hydrogen-bond acceptors (Lipinski definition) is 7. The maximum absolute atomic E-state index is 11.6. The Hall–Kier alpha value is -2.02. The molecule has 7 nitrogen and oxygen atoms in total. The van der Waals surface area contributed by atoms with Gasteiger partial charge in [0.2, 0.25) is 0 Å². The first-order chi connectivity index (χ1) is 10.2. The molecule has 0 bridgehead atoms. The van der Waals surface area contributed by atoms with Crippen LogP contribution in [0.15, 0.2) is 12.2 Å². The van der Waals surface area contributed by atoms with Crippen molar-refractivity contribution in [1.82, 2.24) is 0 Å². The van der Waals surface area contributed by atoms with Crippen molar-refractivity contribution >= 4 is 23.5 Å². The molecule has 3 atom stereocenters. The van der Waals surface area contributed by atoms with Gasteiger partial charge in [-0.05, 0) is 19.9 Å². The molecule has 122 valence electrons. The average Bonchev–Trinajstić information content (AvgIpc) is 2.37. The normalized spacial score (nSPS) is 24.0. The van der Waals surface area contributed by atoms with Crippen LogP contribution in [-0.2, 0) is 33.4 Å². The Morgan fingerprint density at radius 3 is 2.05 bits per heavy atom. The van der Waals surface area contributed by atoms with Crippen LogP contribution in [0, 0.1) is 5.92 Å². The lowest BCUT2D eigenvalue weighted by atomic mass is 9.91. The quantitative estimate of drug-likeness (QED) is 0.402. The second kappa shape index (κ2) is 7.84. The van der Waals surface area contributed by atoms with Gasteiger partial charge in [-0.25, -0.2) is 0 Å². The van der Waals surface area contributed by atoms with Gasteiger partial charge in [0.05, 0.1) is 6.10 Å². The second-order valence-electron chi connectivity index (χ2n) is 5.10. The minimum Gasteiger partial charge on any atom is -0.463 e. The van der Waals surface area contributed by atoms with Crippen molar-refractivity contribution in [2.24, 2.45) is 5.92 Å². The molecule has 0 saturated heterocycles. The third kappa shape index (κ3) is 5.07. The van der Waals surface area contributed by atoms with Crippen LogP contribution >= 0.6 is 0 Å². The van der Waals surface area contributed by atoms with Crippen molar-refractivity contribution < 1.29 is 33.4 Å². The molecule has 1 aliphatic heterocycles. The monoisotopic (exact) mass is 312 g/mol. The first kappa shape index (κ1) is 18.0. The predicted molar refractivity (Wildman–Crippen MR) is 74.8 cm³/mol. The fourth-order valence-corrected chi connectivity index (χ4v) is 2.25. The molecule has 0 N–H and O–H groups in total. The first-order valence-corrected chi connectivity index (χ1v) is 6.87. The molecule has 0 aromatic rings. The van der Waals surface area contributed by atoms with Crippen LogP contribution in [0.3, 0.4) is 0 Å². The summed E-state index contributed by atoms with van der Waals surface area (Å²) in [6.45, 7) is 4.96. The van der Waals surface area contributed by atoms with Crippen molar-refractivity contribution in [3.8, 4) is 0 Å². The summed E-state index contributed by atoms with van der Waals surface area (Å²) in [6, 6.07) is 0. The fourth-order valence-electron chi connectivity index (χ4n) is 2.25. The Morgan fingerprint density at radius 1 is 1.00 bits per heavy atom. The molecule has 0 amide bonds. The zero-order valence-electron chi connectivity index (χ0n) is 13.0. The highest BCUT2D eigenvalue weighted by Gasteiger charge is 2.37. The Balaban J connectivity index is 2.93. The summed E-state index contributed by atoms with van der Waals surface area (Å²) in [7, 11) is 0. The van der Waals surface area contributed by atoms with Crippen LogP contribution in [0.5, 0.6) is 0 Å². The van der Waals surface area contributed by atoms with E-state index in [-0.39, 0.29) is 18.2 Å². The second-order valence-corrected chi connectivity index (χ2v) is 5.10. The summed E-state index contributed by atoms with van der Waals surface area (Å²) >= 11 is 0. The van der Waals surface area contributed by atoms with Crippen LogP contribution in [0.25, 0.3) is 0 Å². The molecule has 0 fully saturated rings. The van der Waals surface area contributed by atoms with Crippen LogP contribution in [0.1, 0.15) is 27.7 Å². The molecule has 22 heavy (non-hydrogen) atoms. The van der Waals surface area contributed by atoms with Gasteiger partial charge in [-0.3, -0.25) is 19.2 Å². The molecule has 1 aliphatic rings. The number of rotatable bonds is 6. The summed E-state index contributed by atoms with van der Waals surface area (Å²) in [5, 5.41) is 0. The molecule has 0 saturated carbocycles. The highest BCUT2D eigenvalue weighted by Crippen LogP contribution is 2.23. The minimum absolute atomic E-state index is 0.142. The zero-order chi connectivity index (χ0) is 16.9. The predicted octanol–water partition coefficient (Wildman–Crippen LogP) is 0.599. The number of Topliss-reactive ketones (excluding diaryl/α,β-unsaturated/α-hetero) is 2. The Kier molecular flexibility index (Phi) is 6.42. The summed E-state index contributed by atoms with van der Waals surface area (Å²) in [6.07, 6.45) is 0.771. The van der Waals surface area contributed by atoms with Crippen LogP contribution in [0.2, 0.25) is 0 Å². The lowest BCUT2D eigenvalue weighted by molar-refractivity contribution is -0.168. The zero-order valence-corrected chi connectivity index (χ0v) is 13.0. The van der Waals surface area contributed by atoms with E-state index in [0.29, 0.717) is 0 Å². The van der Waals surface area contributed by atoms with Gasteiger partial charge in [0.25, 0.3) is 0 Å².